The lowest BCUT2D eigenvalue weighted by Gasteiger charge is -2.26. The van der Waals surface area contributed by atoms with Crippen molar-refractivity contribution < 1.29 is 8.42 Å². The van der Waals surface area contributed by atoms with Crippen molar-refractivity contribution >= 4 is 9.84 Å². The topological polar surface area (TPSA) is 60.2 Å². The van der Waals surface area contributed by atoms with Crippen LogP contribution in [0.3, 0.4) is 0 Å². The predicted octanol–water partition coefficient (Wildman–Crippen LogP) is 0.857. The highest BCUT2D eigenvalue weighted by atomic mass is 32.2. The maximum atomic E-state index is 11.6. The Bertz CT molecular complexity index is 271. The molecule has 2 N–H and O–H groups in total. The van der Waals surface area contributed by atoms with E-state index >= 15 is 0 Å². The summed E-state index contributed by atoms with van der Waals surface area (Å²) in [5.74, 6) is 0.308. The zero-order chi connectivity index (χ0) is 9.90. The van der Waals surface area contributed by atoms with Crippen molar-refractivity contribution in [3.8, 4) is 0 Å². The van der Waals surface area contributed by atoms with Crippen molar-refractivity contribution in [2.45, 2.75) is 37.0 Å². The second-order valence-corrected chi connectivity index (χ2v) is 5.93. The van der Waals surface area contributed by atoms with Crippen LogP contribution in [0, 0.1) is 0 Å². The van der Waals surface area contributed by atoms with E-state index in [1.807, 2.05) is 0 Å². The molecule has 3 nitrogen and oxygen atoms in total. The molecule has 1 fully saturated rings. The average Bonchev–Trinajstić information content (AvgIpc) is 2.03. The molecule has 1 rings (SSSR count). The Morgan fingerprint density at radius 1 is 1.54 bits per heavy atom. The van der Waals surface area contributed by atoms with Crippen LogP contribution in [0.1, 0.15) is 25.7 Å². The average molecular weight is 203 g/mol. The zero-order valence-electron chi connectivity index (χ0n) is 7.78. The van der Waals surface area contributed by atoms with Crippen LogP contribution in [0.15, 0.2) is 12.7 Å². The highest BCUT2D eigenvalue weighted by Crippen LogP contribution is 2.22. The number of hydrogen-bond donors (Lipinski definition) is 1. The smallest absolute Gasteiger partial charge is 0.154 e. The molecule has 1 saturated heterocycles. The Kier molecular flexibility index (Phi) is 3.50. The third-order valence-electron chi connectivity index (χ3n) is 2.55. The molecule has 0 radical (unpaired) electrons. The third kappa shape index (κ3) is 2.54. The first kappa shape index (κ1) is 10.7. The molecule has 1 heterocycles. The van der Waals surface area contributed by atoms with E-state index in [1.54, 1.807) is 6.08 Å². The minimum Gasteiger partial charge on any atom is -0.326 e. The van der Waals surface area contributed by atoms with Crippen LogP contribution in [0.4, 0.5) is 0 Å². The van der Waals surface area contributed by atoms with Gasteiger partial charge in [0.2, 0.25) is 0 Å². The molecule has 0 aliphatic carbocycles. The lowest BCUT2D eigenvalue weighted by molar-refractivity contribution is 0.498. The molecule has 0 amide bonds. The minimum atomic E-state index is -2.92. The molecule has 13 heavy (non-hydrogen) atoms. The van der Waals surface area contributed by atoms with E-state index in [4.69, 9.17) is 5.73 Å². The second kappa shape index (κ2) is 4.24. The van der Waals surface area contributed by atoms with E-state index in [1.165, 1.54) is 0 Å². The monoisotopic (exact) mass is 203 g/mol. The number of hydrogen-bond acceptors (Lipinski definition) is 3. The van der Waals surface area contributed by atoms with Crippen molar-refractivity contribution in [1.82, 2.24) is 0 Å². The van der Waals surface area contributed by atoms with Gasteiger partial charge in [-0.05, 0) is 19.3 Å². The molecule has 76 valence electrons. The fraction of sp³-hybridized carbons (Fsp3) is 0.778. The Morgan fingerprint density at radius 2 is 2.23 bits per heavy atom. The molecule has 0 saturated carbocycles. The van der Waals surface area contributed by atoms with Crippen LogP contribution in [-0.4, -0.2) is 25.5 Å². The molecule has 1 aliphatic heterocycles. The van der Waals surface area contributed by atoms with Gasteiger partial charge >= 0.3 is 0 Å². The summed E-state index contributed by atoms with van der Waals surface area (Å²) >= 11 is 0. The molecule has 0 aromatic rings. The van der Waals surface area contributed by atoms with Gasteiger partial charge in [-0.2, -0.15) is 0 Å². The van der Waals surface area contributed by atoms with Gasteiger partial charge in [0, 0.05) is 6.04 Å². The zero-order valence-corrected chi connectivity index (χ0v) is 8.59. The van der Waals surface area contributed by atoms with Crippen LogP contribution in [0.2, 0.25) is 0 Å². The van der Waals surface area contributed by atoms with Crippen LogP contribution < -0.4 is 5.73 Å². The van der Waals surface area contributed by atoms with E-state index in [9.17, 15) is 8.42 Å². The fourth-order valence-corrected chi connectivity index (χ4v) is 3.88. The van der Waals surface area contributed by atoms with Gasteiger partial charge in [0.05, 0.1) is 11.0 Å². The van der Waals surface area contributed by atoms with E-state index in [-0.39, 0.29) is 11.3 Å². The Hall–Kier alpha value is -0.350. The van der Waals surface area contributed by atoms with Crippen LogP contribution in [0.5, 0.6) is 0 Å². The van der Waals surface area contributed by atoms with Crippen LogP contribution >= 0.6 is 0 Å². The van der Waals surface area contributed by atoms with Gasteiger partial charge in [-0.3, -0.25) is 0 Å². The molecule has 1 aliphatic rings. The Labute approximate surface area is 79.9 Å². The van der Waals surface area contributed by atoms with Crippen molar-refractivity contribution in [2.24, 2.45) is 5.73 Å². The molecule has 0 aromatic heterocycles. The molecule has 2 unspecified atom stereocenters. The summed E-state index contributed by atoms with van der Waals surface area (Å²) < 4.78 is 23.2. The maximum absolute atomic E-state index is 11.6. The first-order valence-corrected chi connectivity index (χ1v) is 6.37. The SMILES string of the molecule is C=CCC(N)C1CCCCS1(=O)=O. The first-order valence-electron chi connectivity index (χ1n) is 4.66. The van der Waals surface area contributed by atoms with Gasteiger partial charge in [-0.15, -0.1) is 6.58 Å². The van der Waals surface area contributed by atoms with Gasteiger partial charge < -0.3 is 5.73 Å². The van der Waals surface area contributed by atoms with Crippen molar-refractivity contribution in [3.05, 3.63) is 12.7 Å². The minimum absolute atomic E-state index is 0.261. The molecule has 4 heteroatoms. The summed E-state index contributed by atoms with van der Waals surface area (Å²) in [5.41, 5.74) is 5.78. The van der Waals surface area contributed by atoms with Crippen LogP contribution in [-0.2, 0) is 9.84 Å². The lowest BCUT2D eigenvalue weighted by atomic mass is 10.1. The third-order valence-corrected chi connectivity index (χ3v) is 4.91. The number of sulfone groups is 1. The van der Waals surface area contributed by atoms with Crippen molar-refractivity contribution in [1.29, 1.82) is 0 Å². The molecular formula is C9H17NO2S. The Balaban J connectivity index is 2.70. The van der Waals surface area contributed by atoms with Gasteiger partial charge in [0.25, 0.3) is 0 Å². The van der Waals surface area contributed by atoms with E-state index in [0.717, 1.165) is 19.3 Å². The molecule has 0 aromatic carbocycles. The Morgan fingerprint density at radius 3 is 2.77 bits per heavy atom. The summed E-state index contributed by atoms with van der Waals surface area (Å²) in [4.78, 5) is 0. The predicted molar refractivity (Wildman–Crippen MR) is 54.2 cm³/mol. The highest BCUT2D eigenvalue weighted by molar-refractivity contribution is 7.92. The van der Waals surface area contributed by atoms with Gasteiger partial charge in [-0.1, -0.05) is 12.5 Å². The molecule has 2 atom stereocenters. The highest BCUT2D eigenvalue weighted by Gasteiger charge is 2.32. The standard InChI is InChI=1S/C9H17NO2S/c1-2-5-8(10)9-6-3-4-7-13(9,11)12/h2,8-9H,1,3-7,10H2. The normalized spacial score (nSPS) is 29.5. The van der Waals surface area contributed by atoms with E-state index < -0.39 is 9.84 Å². The molecule has 0 bridgehead atoms. The maximum Gasteiger partial charge on any atom is 0.154 e. The molecular weight excluding hydrogens is 186 g/mol. The van der Waals surface area contributed by atoms with Crippen LogP contribution in [0.25, 0.3) is 0 Å². The van der Waals surface area contributed by atoms with Crippen molar-refractivity contribution in [2.75, 3.05) is 5.75 Å². The lowest BCUT2D eigenvalue weighted by Crippen LogP contribution is -2.43. The quantitative estimate of drug-likeness (QED) is 0.692. The summed E-state index contributed by atoms with van der Waals surface area (Å²) in [6, 6.07) is -0.261. The van der Waals surface area contributed by atoms with E-state index in [0.29, 0.717) is 12.2 Å². The van der Waals surface area contributed by atoms with E-state index in [2.05, 4.69) is 6.58 Å². The summed E-state index contributed by atoms with van der Waals surface area (Å²) in [6.07, 6.45) is 4.77. The summed E-state index contributed by atoms with van der Waals surface area (Å²) in [5, 5.41) is -0.334. The van der Waals surface area contributed by atoms with Gasteiger partial charge in [0.1, 0.15) is 0 Å². The van der Waals surface area contributed by atoms with Crippen molar-refractivity contribution in [3.63, 3.8) is 0 Å². The molecule has 0 spiro atoms. The van der Waals surface area contributed by atoms with Gasteiger partial charge in [-0.25, -0.2) is 8.42 Å². The largest absolute Gasteiger partial charge is 0.326 e. The fourth-order valence-electron chi connectivity index (χ4n) is 1.80. The number of nitrogens with two attached hydrogens (primary N) is 1. The summed E-state index contributed by atoms with van der Waals surface area (Å²) in [7, 11) is -2.92. The number of rotatable bonds is 3. The summed E-state index contributed by atoms with van der Waals surface area (Å²) in [6.45, 7) is 3.57. The van der Waals surface area contributed by atoms with Gasteiger partial charge in [0.15, 0.2) is 9.84 Å². The second-order valence-electron chi connectivity index (χ2n) is 3.59. The first-order chi connectivity index (χ1) is 6.08.